The molecule has 1 aliphatic rings. The number of methoxy groups -OCH3 is 2. The highest BCUT2D eigenvalue weighted by Crippen LogP contribution is 2.31. The summed E-state index contributed by atoms with van der Waals surface area (Å²) in [5.74, 6) is 1.18. The van der Waals surface area contributed by atoms with Crippen LogP contribution in [0.4, 0.5) is 10.5 Å². The highest BCUT2D eigenvalue weighted by molar-refractivity contribution is 5.89. The number of pyridine rings is 1. The minimum Gasteiger partial charge on any atom is -0.493 e. The van der Waals surface area contributed by atoms with Crippen LogP contribution in [0, 0.1) is 0 Å². The molecule has 8 heteroatoms. The van der Waals surface area contributed by atoms with E-state index in [1.807, 2.05) is 16.8 Å². The molecule has 0 radical (unpaired) electrons. The molecule has 0 fully saturated rings. The summed E-state index contributed by atoms with van der Waals surface area (Å²) in [6.45, 7) is 1.09. The Morgan fingerprint density at radius 3 is 2.61 bits per heavy atom. The van der Waals surface area contributed by atoms with Gasteiger partial charge < -0.3 is 20.1 Å². The summed E-state index contributed by atoms with van der Waals surface area (Å²) in [6.07, 6.45) is 8.00. The number of hydrogen-bond acceptors (Lipinski definition) is 5. The Balaban J connectivity index is 1.40. The van der Waals surface area contributed by atoms with E-state index in [1.165, 1.54) is 24.1 Å². The SMILES string of the molecule is COc1ccc(NC(=O)NCCn2nc(-c3ccncc3)c3c2CCCC3)cc1OC. The highest BCUT2D eigenvalue weighted by atomic mass is 16.5. The van der Waals surface area contributed by atoms with Crippen molar-refractivity contribution in [2.45, 2.75) is 32.2 Å². The molecule has 3 aromatic rings. The van der Waals surface area contributed by atoms with Gasteiger partial charge in [0.05, 0.1) is 26.5 Å². The molecule has 2 heterocycles. The van der Waals surface area contributed by atoms with Gasteiger partial charge in [-0.05, 0) is 49.9 Å². The van der Waals surface area contributed by atoms with Crippen molar-refractivity contribution in [2.24, 2.45) is 0 Å². The molecule has 4 rings (SSSR count). The number of nitrogens with one attached hydrogen (secondary N) is 2. The van der Waals surface area contributed by atoms with Crippen molar-refractivity contribution < 1.29 is 14.3 Å². The number of amides is 2. The second-order valence-corrected chi connectivity index (χ2v) is 7.39. The zero-order chi connectivity index (χ0) is 21.6. The lowest BCUT2D eigenvalue weighted by molar-refractivity contribution is 0.251. The molecule has 0 aliphatic heterocycles. The average molecular weight is 422 g/mol. The molecule has 0 spiro atoms. The molecule has 1 aromatic carbocycles. The molecule has 31 heavy (non-hydrogen) atoms. The maximum atomic E-state index is 12.3. The van der Waals surface area contributed by atoms with E-state index in [0.29, 0.717) is 30.3 Å². The molecule has 162 valence electrons. The first-order chi connectivity index (χ1) is 15.2. The van der Waals surface area contributed by atoms with Crippen molar-refractivity contribution >= 4 is 11.7 Å². The number of nitrogens with zero attached hydrogens (tertiary/aromatic N) is 3. The smallest absolute Gasteiger partial charge is 0.319 e. The third-order valence-electron chi connectivity index (χ3n) is 5.46. The largest absolute Gasteiger partial charge is 0.493 e. The predicted octanol–water partition coefficient (Wildman–Crippen LogP) is 3.66. The van der Waals surface area contributed by atoms with E-state index in [9.17, 15) is 4.79 Å². The van der Waals surface area contributed by atoms with Gasteiger partial charge in [-0.15, -0.1) is 0 Å². The minimum atomic E-state index is -0.275. The van der Waals surface area contributed by atoms with Crippen LogP contribution in [-0.4, -0.2) is 41.6 Å². The summed E-state index contributed by atoms with van der Waals surface area (Å²) in [5.41, 5.74) is 5.36. The van der Waals surface area contributed by atoms with Gasteiger partial charge in [0.2, 0.25) is 0 Å². The summed E-state index contributed by atoms with van der Waals surface area (Å²) >= 11 is 0. The number of anilines is 1. The first-order valence-electron chi connectivity index (χ1n) is 10.5. The van der Waals surface area contributed by atoms with Gasteiger partial charge in [-0.2, -0.15) is 5.10 Å². The van der Waals surface area contributed by atoms with Gasteiger partial charge in [0.15, 0.2) is 11.5 Å². The third kappa shape index (κ3) is 4.63. The molecule has 0 atom stereocenters. The predicted molar refractivity (Wildman–Crippen MR) is 119 cm³/mol. The fraction of sp³-hybridized carbons (Fsp3) is 0.348. The van der Waals surface area contributed by atoms with Crippen molar-refractivity contribution in [3.63, 3.8) is 0 Å². The maximum absolute atomic E-state index is 12.3. The van der Waals surface area contributed by atoms with Crippen molar-refractivity contribution in [3.05, 3.63) is 54.0 Å². The number of benzene rings is 1. The molecule has 1 aliphatic carbocycles. The minimum absolute atomic E-state index is 0.275. The van der Waals surface area contributed by atoms with Gasteiger partial charge >= 0.3 is 6.03 Å². The zero-order valence-electron chi connectivity index (χ0n) is 17.9. The molecular weight excluding hydrogens is 394 g/mol. The van der Waals surface area contributed by atoms with E-state index >= 15 is 0 Å². The van der Waals surface area contributed by atoms with Crippen LogP contribution in [0.25, 0.3) is 11.3 Å². The average Bonchev–Trinajstić information content (AvgIpc) is 3.18. The Morgan fingerprint density at radius 2 is 1.84 bits per heavy atom. The summed E-state index contributed by atoms with van der Waals surface area (Å²) in [4.78, 5) is 16.5. The Morgan fingerprint density at radius 1 is 1.06 bits per heavy atom. The lowest BCUT2D eigenvalue weighted by atomic mass is 9.94. The van der Waals surface area contributed by atoms with E-state index in [4.69, 9.17) is 14.6 Å². The Kier molecular flexibility index (Phi) is 6.35. The molecule has 2 amide bonds. The molecule has 2 aromatic heterocycles. The fourth-order valence-corrected chi connectivity index (χ4v) is 3.96. The molecule has 8 nitrogen and oxygen atoms in total. The number of urea groups is 1. The summed E-state index contributed by atoms with van der Waals surface area (Å²) in [6, 6.07) is 8.97. The Bertz CT molecular complexity index is 1050. The summed E-state index contributed by atoms with van der Waals surface area (Å²) in [7, 11) is 3.14. The van der Waals surface area contributed by atoms with Crippen LogP contribution < -0.4 is 20.1 Å². The van der Waals surface area contributed by atoms with Gasteiger partial charge in [-0.25, -0.2) is 4.79 Å². The Hall–Kier alpha value is -3.55. The molecule has 0 bridgehead atoms. The van der Waals surface area contributed by atoms with Crippen LogP contribution in [-0.2, 0) is 19.4 Å². The number of ether oxygens (including phenoxy) is 2. The molecule has 0 unspecified atom stereocenters. The topological polar surface area (TPSA) is 90.3 Å². The second-order valence-electron chi connectivity index (χ2n) is 7.39. The van der Waals surface area contributed by atoms with E-state index < -0.39 is 0 Å². The normalized spacial score (nSPS) is 12.7. The van der Waals surface area contributed by atoms with Gasteiger partial charge in [-0.3, -0.25) is 9.67 Å². The van der Waals surface area contributed by atoms with Crippen LogP contribution in [0.15, 0.2) is 42.7 Å². The molecule has 0 saturated heterocycles. The van der Waals surface area contributed by atoms with Gasteiger partial charge in [0.25, 0.3) is 0 Å². The maximum Gasteiger partial charge on any atom is 0.319 e. The van der Waals surface area contributed by atoms with Gasteiger partial charge in [0, 0.05) is 47.5 Å². The monoisotopic (exact) mass is 421 g/mol. The Labute approximate surface area is 181 Å². The number of carbonyl (C=O) groups excluding carboxylic acids is 1. The first-order valence-corrected chi connectivity index (χ1v) is 10.5. The summed E-state index contributed by atoms with van der Waals surface area (Å²) in [5, 5.41) is 10.6. The van der Waals surface area contributed by atoms with Crippen LogP contribution in [0.5, 0.6) is 11.5 Å². The van der Waals surface area contributed by atoms with Gasteiger partial charge in [0.1, 0.15) is 0 Å². The second kappa shape index (κ2) is 9.51. The molecule has 0 saturated carbocycles. The lowest BCUT2D eigenvalue weighted by Crippen LogP contribution is -2.32. The zero-order valence-corrected chi connectivity index (χ0v) is 17.9. The van der Waals surface area contributed by atoms with Crippen LogP contribution in [0.1, 0.15) is 24.1 Å². The lowest BCUT2D eigenvalue weighted by Gasteiger charge is -2.15. The van der Waals surface area contributed by atoms with Crippen LogP contribution >= 0.6 is 0 Å². The van der Waals surface area contributed by atoms with Gasteiger partial charge in [-0.1, -0.05) is 0 Å². The summed E-state index contributed by atoms with van der Waals surface area (Å²) < 4.78 is 12.5. The third-order valence-corrected chi connectivity index (χ3v) is 5.46. The molecular formula is C23H27N5O3. The standard InChI is InChI=1S/C23H27N5O3/c1-30-20-8-7-17(15-21(20)31-2)26-23(29)25-13-14-28-19-6-4-3-5-18(19)22(27-28)16-9-11-24-12-10-16/h7-12,15H,3-6,13-14H2,1-2H3,(H2,25,26,29). The molecule has 2 N–H and O–H groups in total. The number of hydrogen-bond donors (Lipinski definition) is 2. The van der Waals surface area contributed by atoms with Crippen molar-refractivity contribution in [1.29, 1.82) is 0 Å². The number of fused-ring (bicyclic) bond motifs is 1. The van der Waals surface area contributed by atoms with Crippen LogP contribution in [0.3, 0.4) is 0 Å². The van der Waals surface area contributed by atoms with E-state index in [0.717, 1.165) is 24.1 Å². The number of carbonyl (C=O) groups is 1. The van der Waals surface area contributed by atoms with E-state index in [2.05, 4.69) is 15.6 Å². The number of aromatic nitrogens is 3. The van der Waals surface area contributed by atoms with E-state index in [-0.39, 0.29) is 6.03 Å². The quantitative estimate of drug-likeness (QED) is 0.608. The van der Waals surface area contributed by atoms with Crippen molar-refractivity contribution in [2.75, 3.05) is 26.1 Å². The van der Waals surface area contributed by atoms with Crippen LogP contribution in [0.2, 0.25) is 0 Å². The van der Waals surface area contributed by atoms with Crippen molar-refractivity contribution in [3.8, 4) is 22.8 Å². The first kappa shape index (κ1) is 20.7. The highest BCUT2D eigenvalue weighted by Gasteiger charge is 2.21. The van der Waals surface area contributed by atoms with E-state index in [1.54, 1.807) is 44.8 Å². The number of rotatable bonds is 7. The fourth-order valence-electron chi connectivity index (χ4n) is 3.96. The van der Waals surface area contributed by atoms with Crippen molar-refractivity contribution in [1.82, 2.24) is 20.1 Å².